The molecule has 0 aromatic heterocycles. The van der Waals surface area contributed by atoms with Gasteiger partial charge in [0.2, 0.25) is 5.91 Å². The summed E-state index contributed by atoms with van der Waals surface area (Å²) < 4.78 is 45.6. The molecule has 142 valence electrons. The molecule has 1 aromatic carbocycles. The van der Waals surface area contributed by atoms with Crippen LogP contribution < -0.4 is 0 Å². The topological polar surface area (TPSA) is 66.8 Å². The molecule has 1 amide bonds. The second-order valence-electron chi connectivity index (χ2n) is 6.92. The number of rotatable bonds is 3. The van der Waals surface area contributed by atoms with Gasteiger partial charge in [-0.3, -0.25) is 9.59 Å². The van der Waals surface area contributed by atoms with Gasteiger partial charge >= 0.3 is 12.1 Å². The Morgan fingerprint density at radius 2 is 1.69 bits per heavy atom. The summed E-state index contributed by atoms with van der Waals surface area (Å²) in [6.07, 6.45) is -4.82. The summed E-state index contributed by atoms with van der Waals surface area (Å²) in [5.74, 6) is -2.37. The van der Waals surface area contributed by atoms with Crippen LogP contribution in [0.1, 0.15) is 24.8 Å². The second-order valence-corrected chi connectivity index (χ2v) is 6.92. The monoisotopic (exact) mass is 371 g/mol. The third-order valence-electron chi connectivity index (χ3n) is 5.59. The minimum absolute atomic E-state index is 0.222. The summed E-state index contributed by atoms with van der Waals surface area (Å²) in [7, 11) is 0. The lowest BCUT2D eigenvalue weighted by Crippen LogP contribution is -2.52. The summed E-state index contributed by atoms with van der Waals surface area (Å²) in [6, 6.07) is 8.93. The van der Waals surface area contributed by atoms with Crippen LogP contribution in [0.4, 0.5) is 13.2 Å². The van der Waals surface area contributed by atoms with E-state index in [0.717, 1.165) is 10.5 Å². The third kappa shape index (κ3) is 2.86. The zero-order valence-electron chi connectivity index (χ0n) is 14.1. The van der Waals surface area contributed by atoms with E-state index >= 15 is 0 Å². The van der Waals surface area contributed by atoms with E-state index in [1.807, 2.05) is 0 Å². The van der Waals surface area contributed by atoms with Gasteiger partial charge in [-0.2, -0.15) is 13.2 Å². The van der Waals surface area contributed by atoms with Crippen LogP contribution in [0.5, 0.6) is 0 Å². The van der Waals surface area contributed by atoms with Crippen molar-refractivity contribution in [2.24, 2.45) is 5.41 Å². The largest absolute Gasteiger partial charge is 0.481 e. The maximum absolute atomic E-state index is 13.4. The van der Waals surface area contributed by atoms with Crippen molar-refractivity contribution < 1.29 is 32.6 Å². The Balaban J connectivity index is 1.93. The predicted molar refractivity (Wildman–Crippen MR) is 85.5 cm³/mol. The minimum Gasteiger partial charge on any atom is -0.481 e. The standard InChI is InChI=1S/C18H20F3NO4/c19-18(20,21)17(15(24)25)6-9-22(12-17)14(23)16(7-10-26-11-8-16)13-4-2-1-3-5-13/h1-5H,6-12H2,(H,24,25). The molecule has 26 heavy (non-hydrogen) atoms. The number of carbonyl (C=O) groups excluding carboxylic acids is 1. The highest BCUT2D eigenvalue weighted by Crippen LogP contribution is 2.47. The van der Waals surface area contributed by atoms with Gasteiger partial charge in [-0.25, -0.2) is 0 Å². The number of benzene rings is 1. The van der Waals surface area contributed by atoms with Crippen LogP contribution in [-0.2, 0) is 19.7 Å². The lowest BCUT2D eigenvalue weighted by Gasteiger charge is -2.39. The first-order valence-electron chi connectivity index (χ1n) is 8.46. The van der Waals surface area contributed by atoms with E-state index in [1.165, 1.54) is 0 Å². The van der Waals surface area contributed by atoms with Gasteiger partial charge < -0.3 is 14.7 Å². The molecule has 1 unspecified atom stereocenters. The van der Waals surface area contributed by atoms with Crippen LogP contribution >= 0.6 is 0 Å². The number of carboxylic acids is 1. The van der Waals surface area contributed by atoms with Gasteiger partial charge in [0.1, 0.15) is 0 Å². The molecule has 0 spiro atoms. The van der Waals surface area contributed by atoms with Crippen molar-refractivity contribution >= 4 is 11.9 Å². The summed E-state index contributed by atoms with van der Waals surface area (Å²) in [4.78, 5) is 25.7. The van der Waals surface area contributed by atoms with Gasteiger partial charge in [0.05, 0.1) is 5.41 Å². The minimum atomic E-state index is -4.91. The predicted octanol–water partition coefficient (Wildman–Crippen LogP) is 2.60. The Morgan fingerprint density at radius 1 is 1.08 bits per heavy atom. The van der Waals surface area contributed by atoms with E-state index in [1.54, 1.807) is 30.3 Å². The molecule has 1 N–H and O–H groups in total. The first-order valence-corrected chi connectivity index (χ1v) is 8.46. The van der Waals surface area contributed by atoms with Crippen LogP contribution in [0.2, 0.25) is 0 Å². The highest BCUT2D eigenvalue weighted by molar-refractivity contribution is 5.90. The number of likely N-dealkylation sites (tertiary alicyclic amines) is 1. The number of nitrogens with zero attached hydrogens (tertiary/aromatic N) is 1. The Morgan fingerprint density at radius 3 is 2.19 bits per heavy atom. The van der Waals surface area contributed by atoms with E-state index in [-0.39, 0.29) is 6.54 Å². The average Bonchev–Trinajstić information content (AvgIpc) is 3.09. The van der Waals surface area contributed by atoms with Gasteiger partial charge in [-0.15, -0.1) is 0 Å². The molecular formula is C18H20F3NO4. The van der Waals surface area contributed by atoms with Gasteiger partial charge in [0, 0.05) is 26.3 Å². The molecule has 2 aliphatic heterocycles. The van der Waals surface area contributed by atoms with Crippen LogP contribution in [0, 0.1) is 5.41 Å². The third-order valence-corrected chi connectivity index (χ3v) is 5.59. The molecule has 5 nitrogen and oxygen atoms in total. The molecule has 0 aliphatic carbocycles. The lowest BCUT2D eigenvalue weighted by atomic mass is 9.73. The van der Waals surface area contributed by atoms with Gasteiger partial charge in [-0.05, 0) is 24.8 Å². The fraction of sp³-hybridized carbons (Fsp3) is 0.556. The van der Waals surface area contributed by atoms with Gasteiger partial charge in [0.15, 0.2) is 5.41 Å². The highest BCUT2D eigenvalue weighted by atomic mass is 19.4. The van der Waals surface area contributed by atoms with Crippen LogP contribution in [0.3, 0.4) is 0 Å². The number of amides is 1. The number of carbonyl (C=O) groups is 2. The van der Waals surface area contributed by atoms with Crippen molar-refractivity contribution in [3.05, 3.63) is 35.9 Å². The van der Waals surface area contributed by atoms with E-state index in [2.05, 4.69) is 0 Å². The van der Waals surface area contributed by atoms with Crippen LogP contribution in [0.15, 0.2) is 30.3 Å². The van der Waals surface area contributed by atoms with Crippen LogP contribution in [-0.4, -0.2) is 54.4 Å². The number of hydrogen-bond donors (Lipinski definition) is 1. The number of halogens is 3. The van der Waals surface area contributed by atoms with E-state index in [4.69, 9.17) is 4.74 Å². The molecule has 2 saturated heterocycles. The number of alkyl halides is 3. The molecule has 0 bridgehead atoms. The molecule has 3 rings (SSSR count). The molecule has 2 aliphatic rings. The smallest absolute Gasteiger partial charge is 0.406 e. The highest BCUT2D eigenvalue weighted by Gasteiger charge is 2.65. The molecule has 0 radical (unpaired) electrons. The SMILES string of the molecule is O=C(N1CCC(C(=O)O)(C(F)(F)F)C1)C1(c2ccccc2)CCOCC1. The van der Waals surface area contributed by atoms with E-state index in [0.29, 0.717) is 26.1 Å². The average molecular weight is 371 g/mol. The Bertz CT molecular complexity index is 685. The van der Waals surface area contributed by atoms with Crippen molar-refractivity contribution in [1.29, 1.82) is 0 Å². The number of ether oxygens (including phenoxy) is 1. The fourth-order valence-electron chi connectivity index (χ4n) is 3.92. The molecule has 1 atom stereocenters. The van der Waals surface area contributed by atoms with Crippen molar-refractivity contribution in [3.63, 3.8) is 0 Å². The zero-order chi connectivity index (χ0) is 19.0. The van der Waals surface area contributed by atoms with Crippen molar-refractivity contribution in [2.75, 3.05) is 26.3 Å². The molecule has 2 fully saturated rings. The summed E-state index contributed by atoms with van der Waals surface area (Å²) in [6.45, 7) is -0.407. The van der Waals surface area contributed by atoms with E-state index < -0.39 is 41.8 Å². The summed E-state index contributed by atoms with van der Waals surface area (Å²) in [5.41, 5.74) is -3.14. The zero-order valence-corrected chi connectivity index (χ0v) is 14.1. The van der Waals surface area contributed by atoms with Crippen molar-refractivity contribution in [2.45, 2.75) is 30.9 Å². The molecular weight excluding hydrogens is 351 g/mol. The van der Waals surface area contributed by atoms with Crippen molar-refractivity contribution in [3.8, 4) is 0 Å². The fourth-order valence-corrected chi connectivity index (χ4v) is 3.92. The van der Waals surface area contributed by atoms with Gasteiger partial charge in [-0.1, -0.05) is 30.3 Å². The number of carboxylic acid groups (broad SMARTS) is 1. The lowest BCUT2D eigenvalue weighted by molar-refractivity contribution is -0.227. The summed E-state index contributed by atoms with van der Waals surface area (Å²) >= 11 is 0. The quantitative estimate of drug-likeness (QED) is 0.887. The number of aliphatic carboxylic acids is 1. The first-order chi connectivity index (χ1) is 12.2. The first kappa shape index (κ1) is 18.7. The van der Waals surface area contributed by atoms with Gasteiger partial charge in [0.25, 0.3) is 0 Å². The maximum Gasteiger partial charge on any atom is 0.406 e. The van der Waals surface area contributed by atoms with E-state index in [9.17, 15) is 27.9 Å². The van der Waals surface area contributed by atoms with Crippen LogP contribution in [0.25, 0.3) is 0 Å². The molecule has 1 aromatic rings. The second kappa shape index (κ2) is 6.57. The Kier molecular flexibility index (Phi) is 4.72. The number of hydrogen-bond acceptors (Lipinski definition) is 3. The summed E-state index contributed by atoms with van der Waals surface area (Å²) in [5, 5.41) is 9.21. The molecule has 0 saturated carbocycles. The molecule has 2 heterocycles. The van der Waals surface area contributed by atoms with Crippen molar-refractivity contribution in [1.82, 2.24) is 4.90 Å². The maximum atomic E-state index is 13.4. The Labute approximate surface area is 148 Å². The Hall–Kier alpha value is -2.09. The normalized spacial score (nSPS) is 25.9. The molecule has 8 heteroatoms.